The first-order valence-corrected chi connectivity index (χ1v) is 9.81. The highest BCUT2D eigenvalue weighted by Crippen LogP contribution is 2.25. The van der Waals surface area contributed by atoms with E-state index in [4.69, 9.17) is 9.72 Å². The average molecular weight is 388 g/mol. The molecule has 3 aromatic rings. The monoisotopic (exact) mass is 388 g/mol. The van der Waals surface area contributed by atoms with Gasteiger partial charge in [-0.05, 0) is 43.2 Å². The Kier molecular flexibility index (Phi) is 5.70. The van der Waals surface area contributed by atoms with Crippen LogP contribution >= 0.6 is 0 Å². The summed E-state index contributed by atoms with van der Waals surface area (Å²) >= 11 is 0. The summed E-state index contributed by atoms with van der Waals surface area (Å²) in [5.41, 5.74) is 1.80. The highest BCUT2D eigenvalue weighted by molar-refractivity contribution is 5.92. The first kappa shape index (κ1) is 18.9. The van der Waals surface area contributed by atoms with Crippen molar-refractivity contribution in [2.24, 2.45) is 5.92 Å². The number of amides is 1. The highest BCUT2D eigenvalue weighted by atomic mass is 16.5. The zero-order valence-electron chi connectivity index (χ0n) is 16.4. The summed E-state index contributed by atoms with van der Waals surface area (Å²) in [7, 11) is 1.63. The lowest BCUT2D eigenvalue weighted by Gasteiger charge is -2.32. The number of methoxy groups -OCH3 is 1. The first-order valence-electron chi connectivity index (χ1n) is 9.81. The molecule has 0 saturated carbocycles. The van der Waals surface area contributed by atoms with Crippen molar-refractivity contribution >= 4 is 17.4 Å². The van der Waals surface area contributed by atoms with Crippen LogP contribution in [0.4, 0.5) is 11.5 Å². The summed E-state index contributed by atoms with van der Waals surface area (Å²) in [6, 6.07) is 19.3. The van der Waals surface area contributed by atoms with Gasteiger partial charge in [0.25, 0.3) is 0 Å². The number of rotatable bonds is 5. The molecule has 1 aliphatic heterocycles. The van der Waals surface area contributed by atoms with Crippen LogP contribution in [0.2, 0.25) is 0 Å². The second kappa shape index (κ2) is 8.73. The third-order valence-corrected chi connectivity index (χ3v) is 5.22. The molecule has 0 aliphatic carbocycles. The number of piperidine rings is 1. The van der Waals surface area contributed by atoms with Gasteiger partial charge >= 0.3 is 0 Å². The molecule has 29 heavy (non-hydrogen) atoms. The summed E-state index contributed by atoms with van der Waals surface area (Å²) in [6.07, 6.45) is 3.40. The maximum absolute atomic E-state index is 12.6. The second-order valence-corrected chi connectivity index (χ2v) is 7.08. The number of anilines is 2. The molecule has 1 fully saturated rings. The Morgan fingerprint density at radius 2 is 1.76 bits per heavy atom. The number of aromatic nitrogens is 2. The van der Waals surface area contributed by atoms with E-state index in [1.807, 2.05) is 60.7 Å². The van der Waals surface area contributed by atoms with Crippen molar-refractivity contribution in [3.63, 3.8) is 0 Å². The van der Waals surface area contributed by atoms with Crippen LogP contribution < -0.4 is 15.0 Å². The van der Waals surface area contributed by atoms with Gasteiger partial charge in [-0.15, -0.1) is 0 Å². The number of ether oxygens (including phenoxy) is 1. The number of nitrogens with one attached hydrogen (secondary N) is 1. The van der Waals surface area contributed by atoms with Crippen LogP contribution in [0.3, 0.4) is 0 Å². The Labute approximate surface area is 170 Å². The third kappa shape index (κ3) is 4.54. The van der Waals surface area contributed by atoms with Crippen LogP contribution in [0.5, 0.6) is 5.75 Å². The largest absolute Gasteiger partial charge is 0.497 e. The Morgan fingerprint density at radius 3 is 2.45 bits per heavy atom. The van der Waals surface area contributed by atoms with Crippen molar-refractivity contribution in [2.45, 2.75) is 12.8 Å². The SMILES string of the molecule is COc1ccc(NC(=O)C2CCN(c3ccnc(-c4ccccc4)n3)CC2)cc1. The summed E-state index contributed by atoms with van der Waals surface area (Å²) in [6.45, 7) is 1.60. The fourth-order valence-corrected chi connectivity index (χ4v) is 3.54. The average Bonchev–Trinajstić information content (AvgIpc) is 2.80. The van der Waals surface area contributed by atoms with Crippen LogP contribution in [0.25, 0.3) is 11.4 Å². The topological polar surface area (TPSA) is 67.3 Å². The van der Waals surface area contributed by atoms with E-state index >= 15 is 0 Å². The van der Waals surface area contributed by atoms with Crippen LogP contribution in [0, 0.1) is 5.92 Å². The van der Waals surface area contributed by atoms with Crippen LogP contribution in [0.1, 0.15) is 12.8 Å². The molecule has 0 atom stereocenters. The Morgan fingerprint density at radius 1 is 1.03 bits per heavy atom. The minimum atomic E-state index is 0.00350. The fraction of sp³-hybridized carbons (Fsp3) is 0.261. The molecule has 6 heteroatoms. The maximum Gasteiger partial charge on any atom is 0.227 e. The molecule has 1 aromatic heterocycles. The van der Waals surface area contributed by atoms with Gasteiger partial charge in [-0.25, -0.2) is 9.97 Å². The van der Waals surface area contributed by atoms with Crippen molar-refractivity contribution in [2.75, 3.05) is 30.4 Å². The van der Waals surface area contributed by atoms with E-state index in [0.29, 0.717) is 0 Å². The van der Waals surface area contributed by atoms with E-state index in [-0.39, 0.29) is 11.8 Å². The van der Waals surface area contributed by atoms with Gasteiger partial charge in [-0.3, -0.25) is 4.79 Å². The molecule has 2 aromatic carbocycles. The molecule has 6 nitrogen and oxygen atoms in total. The van der Waals surface area contributed by atoms with Crippen molar-refractivity contribution in [1.82, 2.24) is 9.97 Å². The van der Waals surface area contributed by atoms with Gasteiger partial charge < -0.3 is 15.0 Å². The van der Waals surface area contributed by atoms with Gasteiger partial charge in [0.05, 0.1) is 7.11 Å². The number of benzene rings is 2. The normalized spacial score (nSPS) is 14.4. The Balaban J connectivity index is 1.36. The van der Waals surface area contributed by atoms with Gasteiger partial charge in [0.1, 0.15) is 11.6 Å². The number of hydrogen-bond donors (Lipinski definition) is 1. The van der Waals surface area contributed by atoms with Crippen molar-refractivity contribution in [3.05, 3.63) is 66.9 Å². The van der Waals surface area contributed by atoms with E-state index < -0.39 is 0 Å². The number of nitrogens with zero attached hydrogens (tertiary/aromatic N) is 3. The molecule has 1 amide bonds. The van der Waals surface area contributed by atoms with Crippen molar-refractivity contribution in [1.29, 1.82) is 0 Å². The zero-order valence-corrected chi connectivity index (χ0v) is 16.4. The molecule has 0 bridgehead atoms. The van der Waals surface area contributed by atoms with E-state index in [1.54, 1.807) is 13.3 Å². The molecular weight excluding hydrogens is 364 g/mol. The van der Waals surface area contributed by atoms with Crippen LogP contribution in [-0.4, -0.2) is 36.1 Å². The number of carbonyl (C=O) groups is 1. The standard InChI is InChI=1S/C23H24N4O2/c1-29-20-9-7-19(8-10-20)25-23(28)18-12-15-27(16-13-18)21-11-14-24-22(26-21)17-5-3-2-4-6-17/h2-11,14,18H,12-13,15-16H2,1H3,(H,25,28). The minimum Gasteiger partial charge on any atom is -0.497 e. The Hall–Kier alpha value is -3.41. The first-order chi connectivity index (χ1) is 14.2. The number of carbonyl (C=O) groups excluding carboxylic acids is 1. The van der Waals surface area contributed by atoms with E-state index in [9.17, 15) is 4.79 Å². The third-order valence-electron chi connectivity index (χ3n) is 5.22. The van der Waals surface area contributed by atoms with Gasteiger partial charge in [0.15, 0.2) is 5.82 Å². The predicted octanol–water partition coefficient (Wildman–Crippen LogP) is 4.01. The predicted molar refractivity (Wildman–Crippen MR) is 114 cm³/mol. The van der Waals surface area contributed by atoms with Gasteiger partial charge in [0.2, 0.25) is 5.91 Å². The van der Waals surface area contributed by atoms with Crippen LogP contribution in [0.15, 0.2) is 66.9 Å². The summed E-state index contributed by atoms with van der Waals surface area (Å²) in [5, 5.41) is 3.01. The van der Waals surface area contributed by atoms with E-state index in [1.165, 1.54) is 0 Å². The molecule has 1 aliphatic rings. The zero-order chi connectivity index (χ0) is 20.1. The quantitative estimate of drug-likeness (QED) is 0.715. The second-order valence-electron chi connectivity index (χ2n) is 7.08. The summed E-state index contributed by atoms with van der Waals surface area (Å²) in [4.78, 5) is 24.0. The molecular formula is C23H24N4O2. The lowest BCUT2D eigenvalue weighted by atomic mass is 9.96. The molecule has 0 unspecified atom stereocenters. The van der Waals surface area contributed by atoms with Gasteiger partial charge in [0, 0.05) is 36.5 Å². The maximum atomic E-state index is 12.6. The minimum absolute atomic E-state index is 0.00350. The molecule has 2 heterocycles. The lowest BCUT2D eigenvalue weighted by molar-refractivity contribution is -0.120. The molecule has 0 spiro atoms. The van der Waals surface area contributed by atoms with Crippen molar-refractivity contribution in [3.8, 4) is 17.1 Å². The lowest BCUT2D eigenvalue weighted by Crippen LogP contribution is -2.38. The van der Waals surface area contributed by atoms with E-state index in [2.05, 4.69) is 15.2 Å². The Bertz CT molecular complexity index is 952. The summed E-state index contributed by atoms with van der Waals surface area (Å²) < 4.78 is 5.15. The smallest absolute Gasteiger partial charge is 0.227 e. The molecule has 4 rings (SSSR count). The van der Waals surface area contributed by atoms with Crippen LogP contribution in [-0.2, 0) is 4.79 Å². The molecule has 148 valence electrons. The fourth-order valence-electron chi connectivity index (χ4n) is 3.54. The van der Waals surface area contributed by atoms with Gasteiger partial charge in [-0.2, -0.15) is 0 Å². The number of hydrogen-bond acceptors (Lipinski definition) is 5. The molecule has 1 N–H and O–H groups in total. The van der Waals surface area contributed by atoms with Gasteiger partial charge in [-0.1, -0.05) is 30.3 Å². The summed E-state index contributed by atoms with van der Waals surface area (Å²) in [5.74, 6) is 2.48. The van der Waals surface area contributed by atoms with Crippen molar-refractivity contribution < 1.29 is 9.53 Å². The highest BCUT2D eigenvalue weighted by Gasteiger charge is 2.26. The van der Waals surface area contributed by atoms with E-state index in [0.717, 1.165) is 54.6 Å². The molecule has 0 radical (unpaired) electrons. The molecule has 1 saturated heterocycles.